The van der Waals surface area contributed by atoms with Crippen molar-refractivity contribution in [3.8, 4) is 0 Å². The van der Waals surface area contributed by atoms with E-state index in [0.29, 0.717) is 56.7 Å². The highest BCUT2D eigenvalue weighted by Crippen LogP contribution is 2.19. The van der Waals surface area contributed by atoms with E-state index < -0.39 is 0 Å². The van der Waals surface area contributed by atoms with E-state index in [9.17, 15) is 14.4 Å². The second kappa shape index (κ2) is 11.5. The van der Waals surface area contributed by atoms with Crippen molar-refractivity contribution in [1.29, 1.82) is 0 Å². The number of nitrogens with zero attached hydrogens (tertiary/aromatic N) is 3. The van der Waals surface area contributed by atoms with E-state index in [2.05, 4.69) is 15.6 Å². The first-order chi connectivity index (χ1) is 18.1. The van der Waals surface area contributed by atoms with Crippen molar-refractivity contribution in [3.63, 3.8) is 0 Å². The molecule has 0 radical (unpaired) electrons. The molecule has 0 spiro atoms. The highest BCUT2D eigenvalue weighted by atomic mass is 16.2. The molecule has 0 unspecified atom stereocenters. The Morgan fingerprint density at radius 2 is 1.65 bits per heavy atom. The van der Waals surface area contributed by atoms with Crippen molar-refractivity contribution in [2.75, 3.05) is 32.7 Å². The van der Waals surface area contributed by atoms with E-state index in [1.165, 1.54) is 0 Å². The van der Waals surface area contributed by atoms with Gasteiger partial charge < -0.3 is 20.4 Å². The fourth-order valence-electron chi connectivity index (χ4n) is 5.23. The molecule has 0 aliphatic carbocycles. The Morgan fingerprint density at radius 3 is 2.51 bits per heavy atom. The smallest absolute Gasteiger partial charge is 0.255 e. The van der Waals surface area contributed by atoms with Crippen LogP contribution in [0, 0.1) is 0 Å². The molecule has 3 aromatic rings. The van der Waals surface area contributed by atoms with Gasteiger partial charge in [-0.25, -0.2) is 0 Å². The molecule has 3 amide bonds. The van der Waals surface area contributed by atoms with E-state index >= 15 is 0 Å². The standard InChI is InChI=1S/C29H33N5O3/c35-27-26-18-24(20-32-26)34(29(37)21-9-2-1-3-10-21)16-8-15-33(14-7-6-13-30-27)28(36)23-17-22-11-4-5-12-25(22)31-19-23/h1-5,9-12,17,19,24,26,32H,6-8,13-16,18,20H2,(H,30,35)/t24-,26-/m0/s1. The minimum absolute atomic E-state index is 0.0261. The second-order valence-corrected chi connectivity index (χ2v) is 9.78. The van der Waals surface area contributed by atoms with Crippen LogP contribution >= 0.6 is 0 Å². The minimum Gasteiger partial charge on any atom is -0.355 e. The van der Waals surface area contributed by atoms with E-state index in [-0.39, 0.29) is 29.8 Å². The van der Waals surface area contributed by atoms with E-state index in [4.69, 9.17) is 0 Å². The van der Waals surface area contributed by atoms with Crippen LogP contribution < -0.4 is 10.6 Å². The van der Waals surface area contributed by atoms with Gasteiger partial charge in [0.1, 0.15) is 0 Å². The number of nitrogens with one attached hydrogen (secondary N) is 2. The number of pyridine rings is 1. The average Bonchev–Trinajstić information content (AvgIpc) is 3.43. The zero-order valence-electron chi connectivity index (χ0n) is 20.9. The van der Waals surface area contributed by atoms with Crippen LogP contribution in [0.1, 0.15) is 46.4 Å². The van der Waals surface area contributed by atoms with Gasteiger partial charge in [-0.15, -0.1) is 0 Å². The first-order valence-corrected chi connectivity index (χ1v) is 13.1. The number of carbonyl (C=O) groups is 3. The van der Waals surface area contributed by atoms with Gasteiger partial charge in [0.25, 0.3) is 11.8 Å². The van der Waals surface area contributed by atoms with Crippen LogP contribution in [-0.4, -0.2) is 77.3 Å². The number of para-hydroxylation sites is 1. The summed E-state index contributed by atoms with van der Waals surface area (Å²) in [6.07, 6.45) is 4.45. The van der Waals surface area contributed by atoms with Crippen LogP contribution in [0.25, 0.3) is 10.9 Å². The van der Waals surface area contributed by atoms with Gasteiger partial charge >= 0.3 is 0 Å². The number of aromatic nitrogens is 1. The molecule has 2 aromatic carbocycles. The van der Waals surface area contributed by atoms with Crippen LogP contribution in [0.5, 0.6) is 0 Å². The molecule has 2 bridgehead atoms. The molecule has 192 valence electrons. The lowest BCUT2D eigenvalue weighted by Crippen LogP contribution is -2.44. The Kier molecular flexibility index (Phi) is 7.75. The number of amides is 3. The Morgan fingerprint density at radius 1 is 0.865 bits per heavy atom. The third-order valence-electron chi connectivity index (χ3n) is 7.25. The monoisotopic (exact) mass is 499 g/mol. The molecule has 8 nitrogen and oxygen atoms in total. The first-order valence-electron chi connectivity index (χ1n) is 13.1. The fourth-order valence-corrected chi connectivity index (χ4v) is 5.23. The van der Waals surface area contributed by atoms with Gasteiger partial charge in [0, 0.05) is 55.9 Å². The molecule has 2 fully saturated rings. The lowest BCUT2D eigenvalue weighted by molar-refractivity contribution is -0.122. The molecule has 0 saturated carbocycles. The predicted octanol–water partition coefficient (Wildman–Crippen LogP) is 2.85. The van der Waals surface area contributed by atoms with Crippen molar-refractivity contribution < 1.29 is 14.4 Å². The molecule has 2 aliphatic heterocycles. The van der Waals surface area contributed by atoms with Crippen LogP contribution in [0.15, 0.2) is 66.9 Å². The van der Waals surface area contributed by atoms with Crippen LogP contribution in [0.3, 0.4) is 0 Å². The summed E-state index contributed by atoms with van der Waals surface area (Å²) in [5, 5.41) is 7.25. The molecule has 8 heteroatoms. The molecular weight excluding hydrogens is 466 g/mol. The Balaban J connectivity index is 1.36. The van der Waals surface area contributed by atoms with Gasteiger partial charge in [0.15, 0.2) is 0 Å². The molecular formula is C29H33N5O3. The minimum atomic E-state index is -0.294. The zero-order valence-corrected chi connectivity index (χ0v) is 20.9. The number of benzene rings is 2. The fraction of sp³-hybridized carbons (Fsp3) is 0.379. The highest BCUT2D eigenvalue weighted by molar-refractivity contribution is 5.97. The molecule has 1 aromatic heterocycles. The number of hydrogen-bond donors (Lipinski definition) is 2. The average molecular weight is 500 g/mol. The summed E-state index contributed by atoms with van der Waals surface area (Å²) >= 11 is 0. The second-order valence-electron chi connectivity index (χ2n) is 9.78. The summed E-state index contributed by atoms with van der Waals surface area (Å²) in [5.74, 6) is -0.128. The topological polar surface area (TPSA) is 94.6 Å². The summed E-state index contributed by atoms with van der Waals surface area (Å²) in [6, 6.07) is 18.5. The molecule has 2 aliphatic rings. The Hall–Kier alpha value is -3.78. The molecule has 5 rings (SSSR count). The van der Waals surface area contributed by atoms with Crippen molar-refractivity contribution in [3.05, 3.63) is 78.0 Å². The van der Waals surface area contributed by atoms with Crippen molar-refractivity contribution >= 4 is 28.6 Å². The van der Waals surface area contributed by atoms with Gasteiger partial charge in [-0.1, -0.05) is 36.4 Å². The number of fused-ring (bicyclic) bond motifs is 3. The van der Waals surface area contributed by atoms with Gasteiger partial charge in [-0.2, -0.15) is 0 Å². The Bertz CT molecular complexity index is 1260. The maximum Gasteiger partial charge on any atom is 0.255 e. The summed E-state index contributed by atoms with van der Waals surface area (Å²) in [6.45, 7) is 2.77. The molecule has 2 atom stereocenters. The maximum atomic E-state index is 13.5. The van der Waals surface area contributed by atoms with Gasteiger partial charge in [-0.3, -0.25) is 19.4 Å². The van der Waals surface area contributed by atoms with E-state index in [0.717, 1.165) is 23.7 Å². The lowest BCUT2D eigenvalue weighted by Gasteiger charge is -2.31. The molecule has 3 heterocycles. The number of hydrogen-bond acceptors (Lipinski definition) is 5. The summed E-state index contributed by atoms with van der Waals surface area (Å²) in [5.41, 5.74) is 2.05. The summed E-state index contributed by atoms with van der Waals surface area (Å²) < 4.78 is 0. The van der Waals surface area contributed by atoms with Crippen LogP contribution in [-0.2, 0) is 4.79 Å². The van der Waals surface area contributed by atoms with E-state index in [1.54, 1.807) is 6.20 Å². The lowest BCUT2D eigenvalue weighted by atomic mass is 10.1. The van der Waals surface area contributed by atoms with Crippen molar-refractivity contribution in [2.24, 2.45) is 0 Å². The quantitative estimate of drug-likeness (QED) is 0.566. The molecule has 2 N–H and O–H groups in total. The van der Waals surface area contributed by atoms with Gasteiger partial charge in [0.05, 0.1) is 17.1 Å². The first kappa shape index (κ1) is 24.9. The number of carbonyl (C=O) groups excluding carboxylic acids is 3. The molecule has 37 heavy (non-hydrogen) atoms. The predicted molar refractivity (Wildman–Crippen MR) is 142 cm³/mol. The SMILES string of the molecule is O=C1NCCCCN(C(=O)c2cnc3ccccc3c2)CCCN(C(=O)c2ccccc2)[C@@H]2CN[C@H]1C2. The number of rotatable bonds is 2. The van der Waals surface area contributed by atoms with Gasteiger partial charge in [-0.05, 0) is 49.9 Å². The maximum absolute atomic E-state index is 13.5. The highest BCUT2D eigenvalue weighted by Gasteiger charge is 2.35. The summed E-state index contributed by atoms with van der Waals surface area (Å²) in [7, 11) is 0. The van der Waals surface area contributed by atoms with Crippen molar-refractivity contribution in [1.82, 2.24) is 25.4 Å². The van der Waals surface area contributed by atoms with Crippen LogP contribution in [0.2, 0.25) is 0 Å². The molecule has 2 saturated heterocycles. The Labute approximate surface area is 217 Å². The van der Waals surface area contributed by atoms with Crippen LogP contribution in [0.4, 0.5) is 0 Å². The third kappa shape index (κ3) is 5.80. The van der Waals surface area contributed by atoms with E-state index in [1.807, 2.05) is 70.5 Å². The van der Waals surface area contributed by atoms with Crippen molar-refractivity contribution in [2.45, 2.75) is 37.8 Å². The third-order valence-corrected chi connectivity index (χ3v) is 7.25. The largest absolute Gasteiger partial charge is 0.355 e. The summed E-state index contributed by atoms with van der Waals surface area (Å²) in [4.78, 5) is 47.9. The zero-order chi connectivity index (χ0) is 25.6. The van der Waals surface area contributed by atoms with Gasteiger partial charge in [0.2, 0.25) is 5.91 Å². The normalized spacial score (nSPS) is 21.4.